The van der Waals surface area contributed by atoms with Gasteiger partial charge in [-0.3, -0.25) is 4.79 Å². The van der Waals surface area contributed by atoms with Crippen molar-refractivity contribution in [3.05, 3.63) is 53.6 Å². The van der Waals surface area contributed by atoms with Crippen LogP contribution in [0.2, 0.25) is 0 Å². The largest absolute Gasteiger partial charge is 0.496 e. The van der Waals surface area contributed by atoms with E-state index in [1.807, 2.05) is 0 Å². The first-order valence-corrected chi connectivity index (χ1v) is 11.3. The molecule has 2 aromatic rings. The minimum absolute atomic E-state index is 0.254. The summed E-state index contributed by atoms with van der Waals surface area (Å²) in [5, 5.41) is 9.32. The van der Waals surface area contributed by atoms with Crippen LogP contribution >= 0.6 is 0 Å². The van der Waals surface area contributed by atoms with Crippen LogP contribution in [0.5, 0.6) is 5.75 Å². The lowest BCUT2D eigenvalue weighted by atomic mass is 9.82. The van der Waals surface area contributed by atoms with Crippen molar-refractivity contribution in [3.63, 3.8) is 0 Å². The summed E-state index contributed by atoms with van der Waals surface area (Å²) in [4.78, 5) is 26.0. The van der Waals surface area contributed by atoms with E-state index in [2.05, 4.69) is 29.2 Å². The third-order valence-corrected chi connectivity index (χ3v) is 7.79. The number of benzene rings is 2. The molecule has 1 aliphatic heterocycles. The third kappa shape index (κ3) is 3.60. The molecule has 1 N–H and O–H groups in total. The number of aromatic carboxylic acids is 1. The average Bonchev–Trinajstić information content (AvgIpc) is 3.45. The van der Waals surface area contributed by atoms with Crippen LogP contribution in [0.3, 0.4) is 0 Å². The first kappa shape index (κ1) is 20.1. The van der Waals surface area contributed by atoms with Crippen LogP contribution < -0.4 is 4.74 Å². The summed E-state index contributed by atoms with van der Waals surface area (Å²) in [6, 6.07) is 13.4. The molecular weight excluding hydrogens is 390 g/mol. The Morgan fingerprint density at radius 3 is 2.35 bits per heavy atom. The predicted molar refractivity (Wildman–Crippen MR) is 118 cm³/mol. The van der Waals surface area contributed by atoms with Gasteiger partial charge in [0.05, 0.1) is 12.7 Å². The Kier molecular flexibility index (Phi) is 4.99. The smallest absolute Gasteiger partial charge is 0.335 e. The number of hydrogen-bond acceptors (Lipinski definition) is 3. The number of carbonyl (C=O) groups excluding carboxylic acids is 1. The Morgan fingerprint density at radius 1 is 1.06 bits per heavy atom. The zero-order valence-corrected chi connectivity index (χ0v) is 18.0. The van der Waals surface area contributed by atoms with Gasteiger partial charge in [-0.25, -0.2) is 4.79 Å². The fourth-order valence-electron chi connectivity index (χ4n) is 5.42. The zero-order chi connectivity index (χ0) is 21.6. The number of nitrogens with zero attached hydrogens (tertiary/aromatic N) is 1. The molecule has 2 aliphatic carbocycles. The Morgan fingerprint density at radius 2 is 1.77 bits per heavy atom. The van der Waals surface area contributed by atoms with Gasteiger partial charge in [-0.1, -0.05) is 30.7 Å². The summed E-state index contributed by atoms with van der Waals surface area (Å²) in [7, 11) is 1.60. The van der Waals surface area contributed by atoms with E-state index in [0.29, 0.717) is 28.9 Å². The van der Waals surface area contributed by atoms with Crippen LogP contribution in [0.1, 0.15) is 60.4 Å². The molecule has 0 radical (unpaired) electrons. The number of hydrogen-bond donors (Lipinski definition) is 1. The zero-order valence-electron chi connectivity index (χ0n) is 18.0. The van der Waals surface area contributed by atoms with Gasteiger partial charge in [0.15, 0.2) is 0 Å². The van der Waals surface area contributed by atoms with E-state index < -0.39 is 5.97 Å². The number of piperidine rings is 1. The van der Waals surface area contributed by atoms with E-state index in [1.165, 1.54) is 18.4 Å². The first-order valence-electron chi connectivity index (χ1n) is 11.3. The van der Waals surface area contributed by atoms with Gasteiger partial charge in [-0.2, -0.15) is 0 Å². The average molecular weight is 420 g/mol. The SMILES string of the molecule is COc1ccc(C(=O)O)cc1-c1ccc([C@@H]2CC23CCN(C(=O)C2CCC2)CC3)cc1. The summed E-state index contributed by atoms with van der Waals surface area (Å²) < 4.78 is 5.45. The van der Waals surface area contributed by atoms with Crippen molar-refractivity contribution in [2.75, 3.05) is 20.2 Å². The molecule has 162 valence electrons. The molecule has 0 aromatic heterocycles. The van der Waals surface area contributed by atoms with Gasteiger partial charge in [0, 0.05) is 24.6 Å². The van der Waals surface area contributed by atoms with E-state index in [9.17, 15) is 14.7 Å². The molecule has 1 amide bonds. The summed E-state index contributed by atoms with van der Waals surface area (Å²) in [6.45, 7) is 1.81. The fraction of sp³-hybridized carbons (Fsp3) is 0.462. The second kappa shape index (κ2) is 7.70. The standard InChI is InChI=1S/C26H29NO4/c1-31-23-10-9-20(25(29)30)15-21(23)17-5-7-18(8-6-17)22-16-26(22)11-13-27(14-12-26)24(28)19-3-2-4-19/h5-10,15,19,22H,2-4,11-14,16H2,1H3,(H,29,30)/t22-/m0/s1. The minimum atomic E-state index is -0.942. The summed E-state index contributed by atoms with van der Waals surface area (Å²) in [6.07, 6.45) is 6.78. The Hall–Kier alpha value is -2.82. The van der Waals surface area contributed by atoms with Crippen LogP contribution in [0.4, 0.5) is 0 Å². The molecule has 2 aromatic carbocycles. The molecule has 1 atom stereocenters. The van der Waals surface area contributed by atoms with Crippen molar-refractivity contribution in [3.8, 4) is 16.9 Å². The van der Waals surface area contributed by atoms with Crippen molar-refractivity contribution >= 4 is 11.9 Å². The van der Waals surface area contributed by atoms with Crippen molar-refractivity contribution in [1.82, 2.24) is 4.90 Å². The maximum Gasteiger partial charge on any atom is 0.335 e. The molecule has 3 aliphatic rings. The van der Waals surface area contributed by atoms with Crippen LogP contribution in [-0.2, 0) is 4.79 Å². The van der Waals surface area contributed by atoms with Crippen LogP contribution in [0.25, 0.3) is 11.1 Å². The third-order valence-electron chi connectivity index (χ3n) is 7.79. The van der Waals surface area contributed by atoms with E-state index in [0.717, 1.165) is 49.9 Å². The number of methoxy groups -OCH3 is 1. The van der Waals surface area contributed by atoms with Gasteiger partial charge in [-0.05, 0) is 72.8 Å². The van der Waals surface area contributed by atoms with Gasteiger partial charge in [0.1, 0.15) is 5.75 Å². The normalized spacial score (nSPS) is 22.1. The fourth-order valence-corrected chi connectivity index (χ4v) is 5.42. The second-order valence-corrected chi connectivity index (χ2v) is 9.41. The monoisotopic (exact) mass is 419 g/mol. The summed E-state index contributed by atoms with van der Waals surface area (Å²) in [5.41, 5.74) is 3.71. The van der Waals surface area contributed by atoms with E-state index in [1.54, 1.807) is 25.3 Å². The lowest BCUT2D eigenvalue weighted by molar-refractivity contribution is -0.139. The molecule has 1 heterocycles. The lowest BCUT2D eigenvalue weighted by Crippen LogP contribution is -2.44. The van der Waals surface area contributed by atoms with Gasteiger partial charge in [0.2, 0.25) is 5.91 Å². The number of rotatable bonds is 5. The van der Waals surface area contributed by atoms with Crippen molar-refractivity contribution in [1.29, 1.82) is 0 Å². The molecule has 5 rings (SSSR count). The molecule has 3 fully saturated rings. The molecule has 31 heavy (non-hydrogen) atoms. The molecule has 2 saturated carbocycles. The molecule has 1 saturated heterocycles. The molecular formula is C26H29NO4. The summed E-state index contributed by atoms with van der Waals surface area (Å²) in [5.74, 6) is 0.981. The maximum atomic E-state index is 12.5. The van der Waals surface area contributed by atoms with Crippen LogP contribution in [0.15, 0.2) is 42.5 Å². The quantitative estimate of drug-likeness (QED) is 0.744. The highest BCUT2D eigenvalue weighted by Gasteiger charge is 2.55. The molecule has 5 nitrogen and oxygen atoms in total. The molecule has 0 bridgehead atoms. The van der Waals surface area contributed by atoms with Gasteiger partial charge in [-0.15, -0.1) is 0 Å². The van der Waals surface area contributed by atoms with Gasteiger partial charge >= 0.3 is 5.97 Å². The number of carboxylic acid groups (broad SMARTS) is 1. The molecule has 1 spiro atoms. The Balaban J connectivity index is 1.27. The number of carbonyl (C=O) groups is 2. The van der Waals surface area contributed by atoms with Crippen molar-refractivity contribution < 1.29 is 19.4 Å². The number of amides is 1. The number of ether oxygens (including phenoxy) is 1. The van der Waals surface area contributed by atoms with E-state index in [4.69, 9.17) is 4.74 Å². The Labute approximate surface area is 183 Å². The highest BCUT2D eigenvalue weighted by molar-refractivity contribution is 5.90. The molecule has 5 heteroatoms. The predicted octanol–water partition coefficient (Wildman–Crippen LogP) is 4.96. The van der Waals surface area contributed by atoms with Crippen LogP contribution in [0, 0.1) is 11.3 Å². The second-order valence-electron chi connectivity index (χ2n) is 9.41. The topological polar surface area (TPSA) is 66.8 Å². The van der Waals surface area contributed by atoms with Crippen LogP contribution in [-0.4, -0.2) is 42.1 Å². The van der Waals surface area contributed by atoms with Crippen molar-refractivity contribution in [2.45, 2.75) is 44.4 Å². The highest BCUT2D eigenvalue weighted by atomic mass is 16.5. The lowest BCUT2D eigenvalue weighted by Gasteiger charge is -2.37. The Bertz CT molecular complexity index is 1000. The minimum Gasteiger partial charge on any atom is -0.496 e. The van der Waals surface area contributed by atoms with Crippen molar-refractivity contribution in [2.24, 2.45) is 11.3 Å². The summed E-state index contributed by atoms with van der Waals surface area (Å²) >= 11 is 0. The number of carboxylic acids is 1. The van der Waals surface area contributed by atoms with Gasteiger partial charge in [0.25, 0.3) is 0 Å². The van der Waals surface area contributed by atoms with Gasteiger partial charge < -0.3 is 14.7 Å². The maximum absolute atomic E-state index is 12.5. The highest BCUT2D eigenvalue weighted by Crippen LogP contribution is 2.65. The number of likely N-dealkylation sites (tertiary alicyclic amines) is 1. The first-order chi connectivity index (χ1) is 15.0. The van der Waals surface area contributed by atoms with E-state index in [-0.39, 0.29) is 5.56 Å². The van der Waals surface area contributed by atoms with E-state index >= 15 is 0 Å². The molecule has 0 unspecified atom stereocenters.